The van der Waals surface area contributed by atoms with Gasteiger partial charge >= 0.3 is 0 Å². The van der Waals surface area contributed by atoms with E-state index in [1.165, 1.54) is 35.6 Å². The molecule has 6 rings (SSSR count). The predicted octanol–water partition coefficient (Wildman–Crippen LogP) is 4.67. The largest absolute Gasteiger partial charge is 0.593 e. The lowest BCUT2D eigenvalue weighted by atomic mass is 9.93. The average molecular weight is 755 g/mol. The van der Waals surface area contributed by atoms with Crippen molar-refractivity contribution in [2.75, 3.05) is 11.0 Å². The van der Waals surface area contributed by atoms with Gasteiger partial charge in [-0.05, 0) is 74.9 Å². The van der Waals surface area contributed by atoms with Crippen molar-refractivity contribution in [3.63, 3.8) is 0 Å². The lowest BCUT2D eigenvalue weighted by Gasteiger charge is -2.23. The number of anilines is 1. The maximum absolute atomic E-state index is 14.4. The molecule has 2 N–H and O–H groups in total. The predicted molar refractivity (Wildman–Crippen MR) is 191 cm³/mol. The number of fused-ring (bicyclic) bond motifs is 1. The van der Waals surface area contributed by atoms with E-state index in [0.29, 0.717) is 39.9 Å². The molecule has 0 radical (unpaired) electrons. The molecule has 2 aromatic carbocycles. The third-order valence-electron chi connectivity index (χ3n) is 8.38. The summed E-state index contributed by atoms with van der Waals surface area (Å²) in [7, 11) is -1.84. The molecule has 1 fully saturated rings. The van der Waals surface area contributed by atoms with Gasteiger partial charge in [0.1, 0.15) is 47.5 Å². The van der Waals surface area contributed by atoms with Gasteiger partial charge < -0.3 is 14.4 Å². The number of benzene rings is 2. The first-order valence-electron chi connectivity index (χ1n) is 15.7. The van der Waals surface area contributed by atoms with Crippen LogP contribution in [0.4, 0.5) is 14.6 Å². The molecule has 17 heteroatoms. The van der Waals surface area contributed by atoms with Gasteiger partial charge in [-0.25, -0.2) is 22.2 Å². The van der Waals surface area contributed by atoms with Gasteiger partial charge in [-0.2, -0.15) is 9.82 Å². The average Bonchev–Trinajstić information content (AvgIpc) is 3.71. The molecule has 0 spiro atoms. The zero-order valence-electron chi connectivity index (χ0n) is 27.9. The number of carbonyl (C=O) groups excluding carboxylic acids is 1. The highest BCUT2D eigenvalue weighted by molar-refractivity contribution is 7.93. The number of aromatic nitrogens is 6. The molecule has 3 aromatic heterocycles. The first-order valence-corrected chi connectivity index (χ1v) is 19.2. The summed E-state index contributed by atoms with van der Waals surface area (Å²) in [6.07, 6.45) is 5.29. The van der Waals surface area contributed by atoms with Crippen LogP contribution in [0, 0.1) is 23.5 Å². The molecular formula is C34H33ClF2N8O4S2. The number of nitrogens with one attached hydrogen (secondary N) is 2. The Kier molecular flexibility index (Phi) is 10.1. The van der Waals surface area contributed by atoms with Crippen molar-refractivity contribution < 1.29 is 26.5 Å². The number of sulfone groups is 1. The second-order valence-electron chi connectivity index (χ2n) is 12.7. The molecule has 12 nitrogen and oxygen atoms in total. The summed E-state index contributed by atoms with van der Waals surface area (Å²) in [5.74, 6) is 4.03. The van der Waals surface area contributed by atoms with Crippen molar-refractivity contribution in [3.05, 3.63) is 88.7 Å². The van der Waals surface area contributed by atoms with Crippen molar-refractivity contribution >= 4 is 55.4 Å². The zero-order valence-corrected chi connectivity index (χ0v) is 30.3. The van der Waals surface area contributed by atoms with Crippen molar-refractivity contribution in [2.24, 2.45) is 7.05 Å². The Morgan fingerprint density at radius 3 is 2.43 bits per heavy atom. The lowest BCUT2D eigenvalue weighted by molar-refractivity contribution is -0.122. The Hall–Kier alpha value is -4.56. The zero-order chi connectivity index (χ0) is 36.7. The van der Waals surface area contributed by atoms with Crippen molar-refractivity contribution in [2.45, 2.75) is 55.7 Å². The number of nitrogens with zero attached hydrogens (tertiary/aromatic N) is 6. The van der Waals surface area contributed by atoms with Crippen LogP contribution >= 0.6 is 11.6 Å². The maximum Gasteiger partial charge on any atom is 0.240 e. The third kappa shape index (κ3) is 7.86. The first kappa shape index (κ1) is 36.2. The number of amides is 1. The molecule has 51 heavy (non-hydrogen) atoms. The van der Waals surface area contributed by atoms with Crippen LogP contribution in [0.1, 0.15) is 49.7 Å². The molecular weight excluding hydrogens is 722 g/mol. The minimum Gasteiger partial charge on any atom is -0.593 e. The Labute approximate surface area is 301 Å². The summed E-state index contributed by atoms with van der Waals surface area (Å²) in [5, 5.41) is 15.3. The normalized spacial score (nSPS) is 14.5. The van der Waals surface area contributed by atoms with Crippen molar-refractivity contribution in [1.29, 1.82) is 0 Å². The molecule has 1 aliphatic carbocycles. The number of carbonyl (C=O) groups is 1. The minimum absolute atomic E-state index is 0.0925. The van der Waals surface area contributed by atoms with Gasteiger partial charge in [0.2, 0.25) is 11.7 Å². The van der Waals surface area contributed by atoms with E-state index in [0.717, 1.165) is 6.07 Å². The Morgan fingerprint density at radius 2 is 1.78 bits per heavy atom. The second kappa shape index (κ2) is 14.2. The Morgan fingerprint density at radius 1 is 1.12 bits per heavy atom. The molecule has 0 saturated heterocycles. The highest BCUT2D eigenvalue weighted by Crippen LogP contribution is 2.40. The molecule has 1 amide bonds. The van der Waals surface area contributed by atoms with Crippen LogP contribution in [-0.2, 0) is 46.0 Å². The number of halogens is 3. The van der Waals surface area contributed by atoms with Crippen LogP contribution in [0.2, 0.25) is 5.02 Å². The molecule has 1 aliphatic rings. The summed E-state index contributed by atoms with van der Waals surface area (Å²) in [4.78, 5) is 18.3. The quantitative estimate of drug-likeness (QED) is 0.144. The molecule has 266 valence electrons. The molecule has 2 unspecified atom stereocenters. The number of hydrogen-bond acceptors (Lipinski definition) is 9. The van der Waals surface area contributed by atoms with E-state index in [9.17, 15) is 26.5 Å². The smallest absolute Gasteiger partial charge is 0.240 e. The number of aryl methyl sites for hydroxylation is 1. The third-order valence-corrected chi connectivity index (χ3v) is 12.0. The SMILES string of the molecule is Cn1nc(N[S+](C)[O-])c2c(Cl)ccc(-c3ccc(C#CC(C)(C)S(=O)(=O)C4CC4)nc3C(Cc3cc(F)cc(F)c3)NC(=O)Cn3cnnc3)c21. The van der Waals surface area contributed by atoms with Gasteiger partial charge in [-0.15, -0.1) is 10.2 Å². The van der Waals surface area contributed by atoms with Crippen LogP contribution < -0.4 is 10.0 Å². The summed E-state index contributed by atoms with van der Waals surface area (Å²) >= 11 is 5.18. The van der Waals surface area contributed by atoms with Crippen LogP contribution in [-0.4, -0.2) is 64.7 Å². The van der Waals surface area contributed by atoms with Crippen molar-refractivity contribution in [3.8, 4) is 23.0 Å². The lowest BCUT2D eigenvalue weighted by Crippen LogP contribution is -2.34. The number of hydrogen-bond donors (Lipinski definition) is 2. The van der Waals surface area contributed by atoms with E-state index < -0.39 is 54.8 Å². The molecule has 2 atom stereocenters. The van der Waals surface area contributed by atoms with Crippen LogP contribution in [0.5, 0.6) is 0 Å². The fourth-order valence-corrected chi connectivity index (χ4v) is 8.25. The monoisotopic (exact) mass is 754 g/mol. The summed E-state index contributed by atoms with van der Waals surface area (Å²) in [5.41, 5.74) is 2.31. The van der Waals surface area contributed by atoms with Gasteiger partial charge in [0.25, 0.3) is 0 Å². The van der Waals surface area contributed by atoms with Gasteiger partial charge in [0, 0.05) is 24.2 Å². The van der Waals surface area contributed by atoms with Gasteiger partial charge in [0.05, 0.1) is 44.3 Å². The number of rotatable bonds is 11. The van der Waals surface area contributed by atoms with E-state index in [1.54, 1.807) is 49.8 Å². The van der Waals surface area contributed by atoms with Crippen molar-refractivity contribution in [1.82, 2.24) is 34.8 Å². The molecule has 0 aliphatic heterocycles. The Balaban J connectivity index is 1.54. The second-order valence-corrected chi connectivity index (χ2v) is 17.0. The van der Waals surface area contributed by atoms with Crippen LogP contribution in [0.15, 0.2) is 55.1 Å². The molecule has 0 bridgehead atoms. The Bertz CT molecular complexity index is 2280. The van der Waals surface area contributed by atoms with Gasteiger partial charge in [-0.3, -0.25) is 9.48 Å². The van der Waals surface area contributed by atoms with E-state index >= 15 is 0 Å². The summed E-state index contributed by atoms with van der Waals surface area (Å²) in [6.45, 7) is 2.94. The van der Waals surface area contributed by atoms with Crippen LogP contribution in [0.3, 0.4) is 0 Å². The van der Waals surface area contributed by atoms with E-state index in [4.69, 9.17) is 16.6 Å². The van der Waals surface area contributed by atoms with Gasteiger partial charge in [0.15, 0.2) is 9.84 Å². The summed E-state index contributed by atoms with van der Waals surface area (Å²) < 4.78 is 71.7. The standard InChI is InChI=1S/C34H33ClF2N8O4S2/c1-34(2,51(48,49)24-6-7-24)12-11-23-5-8-25(26-9-10-27(35)30-32(26)44(3)42-33(30)43-50(4)47)31(40-23)28(15-20-13-21(36)16-22(37)14-20)41-29(46)17-45-18-38-39-19-45/h5,8-10,13-14,16,18-19,24,28H,6-7,15,17H2,1-4H3,(H,41,46)(H,42,43). The minimum atomic E-state index is -3.53. The van der Waals surface area contributed by atoms with Crippen LogP contribution in [0.25, 0.3) is 22.0 Å². The maximum atomic E-state index is 14.4. The molecule has 5 aromatic rings. The van der Waals surface area contributed by atoms with E-state index in [-0.39, 0.29) is 35.7 Å². The van der Waals surface area contributed by atoms with Gasteiger partial charge in [-0.1, -0.05) is 23.6 Å². The first-order chi connectivity index (χ1) is 24.1. The fourth-order valence-electron chi connectivity index (χ4n) is 5.81. The van der Waals surface area contributed by atoms with E-state index in [2.05, 4.69) is 37.2 Å². The topological polar surface area (TPSA) is 160 Å². The molecule has 1 saturated carbocycles. The highest BCUT2D eigenvalue weighted by atomic mass is 35.5. The highest BCUT2D eigenvalue weighted by Gasteiger charge is 2.45. The number of pyridine rings is 1. The molecule has 3 heterocycles. The fraction of sp³-hybridized carbons (Fsp3) is 0.324. The van der Waals surface area contributed by atoms with E-state index in [1.807, 2.05) is 0 Å². The summed E-state index contributed by atoms with van der Waals surface area (Å²) in [6, 6.07) is 8.84.